The molecule has 1 aromatic carbocycles. The molecule has 5 rings (SSSR count). The number of halogens is 1. The van der Waals surface area contributed by atoms with Crippen LogP contribution in [0.15, 0.2) is 17.1 Å². The number of methoxy groups -OCH3 is 1. The molecule has 2 atom stereocenters. The van der Waals surface area contributed by atoms with Crippen molar-refractivity contribution in [3.63, 3.8) is 0 Å². The average molecular weight is 479 g/mol. The maximum absolute atomic E-state index is 15.5. The van der Waals surface area contributed by atoms with Crippen LogP contribution in [0.3, 0.4) is 0 Å². The van der Waals surface area contributed by atoms with Crippen LogP contribution in [0.2, 0.25) is 0 Å². The second kappa shape index (κ2) is 7.67. The summed E-state index contributed by atoms with van der Waals surface area (Å²) in [4.78, 5) is 25.9. The highest BCUT2D eigenvalue weighted by atomic mass is 32.2. The third-order valence-corrected chi connectivity index (χ3v) is 7.92. The summed E-state index contributed by atoms with van der Waals surface area (Å²) >= 11 is 0. The largest absolute Gasteiger partial charge is 0.735 e. The van der Waals surface area contributed by atoms with Gasteiger partial charge in [0.25, 0.3) is 0 Å². The Balaban J connectivity index is 1.68. The van der Waals surface area contributed by atoms with Gasteiger partial charge in [-0.1, -0.05) is 0 Å². The van der Waals surface area contributed by atoms with Crippen LogP contribution >= 0.6 is 0 Å². The Labute approximate surface area is 189 Å². The molecule has 1 saturated carbocycles. The highest BCUT2D eigenvalue weighted by molar-refractivity contribution is 7.83. The molecule has 0 spiro atoms. The van der Waals surface area contributed by atoms with E-state index < -0.39 is 39.1 Å². The molecule has 0 amide bonds. The molecular weight excluding hydrogens is 457 g/mol. The predicted molar refractivity (Wildman–Crippen MR) is 112 cm³/mol. The van der Waals surface area contributed by atoms with Crippen LogP contribution in [0.1, 0.15) is 42.1 Å². The van der Waals surface area contributed by atoms with E-state index >= 15 is 4.39 Å². The van der Waals surface area contributed by atoms with Crippen molar-refractivity contribution in [2.24, 2.45) is 5.92 Å². The summed E-state index contributed by atoms with van der Waals surface area (Å²) in [5, 5.41) is 11.4. The number of anilines is 1. The molecule has 0 unspecified atom stereocenters. The van der Waals surface area contributed by atoms with Gasteiger partial charge in [-0.05, 0) is 37.7 Å². The summed E-state index contributed by atoms with van der Waals surface area (Å²) in [7, 11) is -3.31. The highest BCUT2D eigenvalue weighted by Crippen LogP contribution is 2.45. The maximum Gasteiger partial charge on any atom is 0.198 e. The Morgan fingerprint density at radius 2 is 1.97 bits per heavy atom. The first-order valence-electron chi connectivity index (χ1n) is 10.8. The molecule has 1 aromatic heterocycles. The number of carbonyl (C=O) groups excluding carboxylic acids is 1. The van der Waals surface area contributed by atoms with Gasteiger partial charge in [0.2, 0.25) is 0 Å². The van der Waals surface area contributed by atoms with E-state index in [-0.39, 0.29) is 47.4 Å². The average Bonchev–Trinajstić information content (AvgIpc) is 3.50. The molecule has 3 aliphatic rings. The van der Waals surface area contributed by atoms with Crippen molar-refractivity contribution in [2.75, 3.05) is 31.6 Å². The zero-order valence-corrected chi connectivity index (χ0v) is 18.6. The molecule has 2 aromatic rings. The fraction of sp³-hybridized carbons (Fsp3) is 0.524. The molecule has 2 saturated heterocycles. The zero-order valence-electron chi connectivity index (χ0n) is 17.8. The number of carbonyl (C=O) groups is 1. The lowest BCUT2D eigenvalue weighted by Gasteiger charge is -2.37. The van der Waals surface area contributed by atoms with E-state index in [1.54, 1.807) is 9.47 Å². The van der Waals surface area contributed by atoms with Crippen molar-refractivity contribution in [1.82, 2.24) is 8.87 Å². The first-order valence-corrected chi connectivity index (χ1v) is 12.1. The quantitative estimate of drug-likeness (QED) is 0.556. The predicted octanol–water partition coefficient (Wildman–Crippen LogP) is 0.208. The Morgan fingerprint density at radius 3 is 2.58 bits per heavy atom. The van der Waals surface area contributed by atoms with Crippen molar-refractivity contribution in [3.8, 4) is 5.75 Å². The van der Waals surface area contributed by atoms with Gasteiger partial charge in [-0.2, -0.15) is 0 Å². The van der Waals surface area contributed by atoms with E-state index in [1.807, 2.05) is 0 Å². The van der Waals surface area contributed by atoms with E-state index in [0.717, 1.165) is 23.2 Å². The molecule has 0 radical (unpaired) electrons. The summed E-state index contributed by atoms with van der Waals surface area (Å²) < 4.78 is 58.9. The number of hydrogen-bond donors (Lipinski definition) is 0. The summed E-state index contributed by atoms with van der Waals surface area (Å²) in [5.41, 5.74) is -1.05. The summed E-state index contributed by atoms with van der Waals surface area (Å²) in [5.74, 6) is -2.49. The highest BCUT2D eigenvalue weighted by Gasteiger charge is 2.43. The van der Waals surface area contributed by atoms with E-state index in [0.29, 0.717) is 19.4 Å². The number of benzene rings is 1. The molecular formula is C21H22FN3O7S-2. The minimum absolute atomic E-state index is 0.0549. The summed E-state index contributed by atoms with van der Waals surface area (Å²) in [6, 6.07) is 0.373. The van der Waals surface area contributed by atoms with Crippen molar-refractivity contribution < 1.29 is 32.0 Å². The topological polar surface area (TPSA) is 135 Å². The number of aromatic nitrogens is 1. The lowest BCUT2D eigenvalue weighted by Crippen LogP contribution is -2.48. The molecule has 2 aliphatic heterocycles. The number of hydrogen-bond acceptors (Lipinski definition) is 8. The molecule has 3 fully saturated rings. The fourth-order valence-corrected chi connectivity index (χ4v) is 6.24. The van der Waals surface area contributed by atoms with Gasteiger partial charge in [0.1, 0.15) is 5.69 Å². The number of fused-ring (bicyclic) bond motifs is 2. The standard InChI is InChI=1S/C21H24FN3O7S/c1-32-20-17-13(19(26)14(21(27)28)9-24(17)12-4-5-12)7-15(22)18(20)23-8-11-3-2-6-25(16(11)10-23)33(29,30)31/h7,9,11-12,16H,2-6,8,10H2,1H3,(H,27,28)(H,29,30,31)/p-2/t11-,16+/m0/s1. The van der Waals surface area contributed by atoms with E-state index in [4.69, 9.17) is 4.74 Å². The summed E-state index contributed by atoms with van der Waals surface area (Å²) in [6.45, 7) is 0.557. The SMILES string of the molecule is COc1c(N2C[C@@H]3CCCN(S(=O)(=O)[O-])[C@@H]3C2)c(F)cc2c(=O)c(C(=O)[O-])cn(C3CC3)c12. The van der Waals surface area contributed by atoms with Crippen molar-refractivity contribution >= 4 is 32.9 Å². The lowest BCUT2D eigenvalue weighted by molar-refractivity contribution is -0.255. The number of carboxylic acid groups (broad SMARTS) is 1. The number of pyridine rings is 1. The van der Waals surface area contributed by atoms with Crippen molar-refractivity contribution in [1.29, 1.82) is 0 Å². The van der Waals surface area contributed by atoms with Crippen molar-refractivity contribution in [2.45, 2.75) is 37.8 Å². The fourth-order valence-electron chi connectivity index (χ4n) is 5.32. The van der Waals surface area contributed by atoms with Gasteiger partial charge in [0.15, 0.2) is 27.3 Å². The minimum Gasteiger partial charge on any atom is -0.735 e. The Bertz CT molecular complexity index is 1320. The molecule has 10 nitrogen and oxygen atoms in total. The van der Waals surface area contributed by atoms with Crippen LogP contribution in [0.25, 0.3) is 10.9 Å². The Morgan fingerprint density at radius 1 is 1.24 bits per heavy atom. The van der Waals surface area contributed by atoms with Gasteiger partial charge in [0.05, 0.1) is 29.5 Å². The number of ether oxygens (including phenoxy) is 1. The Hall–Kier alpha value is -2.70. The molecule has 0 N–H and O–H groups in total. The molecule has 3 heterocycles. The number of rotatable bonds is 5. The van der Waals surface area contributed by atoms with E-state index in [1.165, 1.54) is 13.3 Å². The zero-order chi connectivity index (χ0) is 23.7. The first-order chi connectivity index (χ1) is 15.6. The van der Waals surface area contributed by atoms with E-state index in [9.17, 15) is 27.7 Å². The smallest absolute Gasteiger partial charge is 0.198 e. The van der Waals surface area contributed by atoms with Crippen LogP contribution in [0, 0.1) is 11.7 Å². The van der Waals surface area contributed by atoms with Gasteiger partial charge in [-0.25, -0.2) is 17.1 Å². The third kappa shape index (κ3) is 3.56. The van der Waals surface area contributed by atoms with Crippen LogP contribution in [0.5, 0.6) is 5.75 Å². The van der Waals surface area contributed by atoms with Crippen LogP contribution < -0.4 is 20.2 Å². The van der Waals surface area contributed by atoms with Gasteiger partial charge in [-0.15, -0.1) is 0 Å². The minimum atomic E-state index is -4.65. The van der Waals surface area contributed by atoms with Crippen LogP contribution in [-0.2, 0) is 10.3 Å². The monoisotopic (exact) mass is 479 g/mol. The van der Waals surface area contributed by atoms with Gasteiger partial charge >= 0.3 is 0 Å². The van der Waals surface area contributed by atoms with Gasteiger partial charge in [0, 0.05) is 37.9 Å². The second-order valence-electron chi connectivity index (χ2n) is 8.88. The first kappa shape index (κ1) is 22.1. The number of aromatic carboxylic acids is 1. The van der Waals surface area contributed by atoms with Crippen LogP contribution in [0.4, 0.5) is 10.1 Å². The number of piperidine rings is 1. The molecule has 33 heavy (non-hydrogen) atoms. The molecule has 1 aliphatic carbocycles. The van der Waals surface area contributed by atoms with Gasteiger partial charge in [-0.3, -0.25) is 4.79 Å². The second-order valence-corrected chi connectivity index (χ2v) is 10.2. The van der Waals surface area contributed by atoms with Gasteiger partial charge < -0.3 is 28.7 Å². The third-order valence-electron chi connectivity index (χ3n) is 6.90. The molecule has 0 bridgehead atoms. The maximum atomic E-state index is 15.5. The molecule has 12 heteroatoms. The van der Waals surface area contributed by atoms with Crippen LogP contribution in [-0.4, -0.2) is 60.6 Å². The Kier molecular flexibility index (Phi) is 5.14. The number of carboxylic acids is 1. The van der Waals surface area contributed by atoms with Crippen molar-refractivity contribution in [3.05, 3.63) is 33.9 Å². The summed E-state index contributed by atoms with van der Waals surface area (Å²) in [6.07, 6.45) is 4.00. The van der Waals surface area contributed by atoms with E-state index in [2.05, 4.69) is 0 Å². The molecule has 178 valence electrons. The normalized spacial score (nSPS) is 23.7. The number of nitrogens with zero attached hydrogens (tertiary/aromatic N) is 3. The lowest BCUT2D eigenvalue weighted by atomic mass is 9.94.